The number of ketones is 1. The second kappa shape index (κ2) is 5.30. The van der Waals surface area contributed by atoms with Gasteiger partial charge in [-0.05, 0) is 19.1 Å². The van der Waals surface area contributed by atoms with Crippen LogP contribution in [0.25, 0.3) is 0 Å². The molecule has 5 heteroatoms. The predicted molar refractivity (Wildman–Crippen MR) is 57.5 cm³/mol. The van der Waals surface area contributed by atoms with Crippen LogP contribution in [0.3, 0.4) is 0 Å². The van der Waals surface area contributed by atoms with E-state index in [1.54, 1.807) is 6.92 Å². The molecule has 0 fully saturated rings. The lowest BCUT2D eigenvalue weighted by Gasteiger charge is -2.10. The fourth-order valence-corrected chi connectivity index (χ4v) is 2.61. The van der Waals surface area contributed by atoms with Gasteiger partial charge in [0.05, 0.1) is 15.7 Å². The highest BCUT2D eigenvalue weighted by Gasteiger charge is 2.18. The molecule has 0 saturated heterocycles. The number of carbonyl (C=O) groups excluding carboxylic acids is 1. The molecule has 2 atom stereocenters. The summed E-state index contributed by atoms with van der Waals surface area (Å²) >= 11 is 0. The second-order valence-corrected chi connectivity index (χ2v) is 5.43. The Morgan fingerprint density at radius 2 is 2.06 bits per heavy atom. The lowest BCUT2D eigenvalue weighted by Crippen LogP contribution is -2.15. The van der Waals surface area contributed by atoms with Crippen LogP contribution < -0.4 is 0 Å². The maximum absolute atomic E-state index is 13.3. The first kappa shape index (κ1) is 13.0. The molecule has 0 amide bonds. The SMILES string of the molecule is CC(=O)CC(C)S(=O)c1ccc(F)cc1F. The lowest BCUT2D eigenvalue weighted by atomic mass is 10.2. The Balaban J connectivity index is 2.92. The van der Waals surface area contributed by atoms with Crippen molar-refractivity contribution in [2.75, 3.05) is 0 Å². The van der Waals surface area contributed by atoms with Crippen molar-refractivity contribution in [2.45, 2.75) is 30.4 Å². The Morgan fingerprint density at radius 1 is 1.44 bits per heavy atom. The van der Waals surface area contributed by atoms with Gasteiger partial charge in [0.15, 0.2) is 0 Å². The average Bonchev–Trinajstić information content (AvgIpc) is 2.15. The Labute approximate surface area is 95.1 Å². The number of hydrogen-bond acceptors (Lipinski definition) is 2. The van der Waals surface area contributed by atoms with E-state index in [1.165, 1.54) is 6.92 Å². The molecule has 1 rings (SSSR count). The molecule has 0 spiro atoms. The molecule has 0 aromatic heterocycles. The van der Waals surface area contributed by atoms with Crippen LogP contribution in [0.2, 0.25) is 0 Å². The number of halogens is 2. The molecule has 0 saturated carbocycles. The van der Waals surface area contributed by atoms with Gasteiger partial charge in [-0.1, -0.05) is 6.92 Å². The van der Waals surface area contributed by atoms with Crippen molar-refractivity contribution >= 4 is 16.6 Å². The summed E-state index contributed by atoms with van der Waals surface area (Å²) in [6, 6.07) is 2.89. The first-order chi connectivity index (χ1) is 7.41. The van der Waals surface area contributed by atoms with Gasteiger partial charge in [-0.3, -0.25) is 9.00 Å². The molecule has 0 N–H and O–H groups in total. The molecule has 2 unspecified atom stereocenters. The average molecular weight is 246 g/mol. The van der Waals surface area contributed by atoms with Crippen LogP contribution in [0.15, 0.2) is 23.1 Å². The summed E-state index contributed by atoms with van der Waals surface area (Å²) in [4.78, 5) is 10.8. The number of rotatable bonds is 4. The minimum atomic E-state index is -1.63. The van der Waals surface area contributed by atoms with E-state index < -0.39 is 27.7 Å². The maximum Gasteiger partial charge on any atom is 0.142 e. The highest BCUT2D eigenvalue weighted by molar-refractivity contribution is 7.85. The van der Waals surface area contributed by atoms with Crippen LogP contribution in [-0.4, -0.2) is 15.2 Å². The molecule has 2 nitrogen and oxygen atoms in total. The minimum absolute atomic E-state index is 0.0600. The van der Waals surface area contributed by atoms with E-state index in [1.807, 2.05) is 0 Å². The van der Waals surface area contributed by atoms with Gasteiger partial charge in [0, 0.05) is 17.7 Å². The summed E-state index contributed by atoms with van der Waals surface area (Å²) in [6.07, 6.45) is 0.115. The summed E-state index contributed by atoms with van der Waals surface area (Å²) in [5.41, 5.74) is 0. The molecule has 0 aliphatic rings. The zero-order valence-corrected chi connectivity index (χ0v) is 9.81. The molecular formula is C11H12F2O2S. The van der Waals surface area contributed by atoms with Gasteiger partial charge < -0.3 is 0 Å². The van der Waals surface area contributed by atoms with Crippen molar-refractivity contribution in [3.05, 3.63) is 29.8 Å². The van der Waals surface area contributed by atoms with Gasteiger partial charge in [-0.2, -0.15) is 0 Å². The van der Waals surface area contributed by atoms with Crippen LogP contribution >= 0.6 is 0 Å². The molecule has 0 heterocycles. The van der Waals surface area contributed by atoms with Crippen molar-refractivity contribution < 1.29 is 17.8 Å². The quantitative estimate of drug-likeness (QED) is 0.817. The summed E-state index contributed by atoms with van der Waals surface area (Å²) in [7, 11) is -1.63. The fraction of sp³-hybridized carbons (Fsp3) is 0.364. The summed E-state index contributed by atoms with van der Waals surface area (Å²) in [5, 5.41) is -0.475. The van der Waals surface area contributed by atoms with Crippen molar-refractivity contribution in [3.63, 3.8) is 0 Å². The Bertz CT molecular complexity index is 432. The van der Waals surface area contributed by atoms with E-state index in [-0.39, 0.29) is 17.1 Å². The third kappa shape index (κ3) is 3.20. The van der Waals surface area contributed by atoms with Crippen LogP contribution in [0, 0.1) is 11.6 Å². The molecule has 0 aliphatic carbocycles. The van der Waals surface area contributed by atoms with E-state index in [4.69, 9.17) is 0 Å². The van der Waals surface area contributed by atoms with Gasteiger partial charge in [0.2, 0.25) is 0 Å². The Morgan fingerprint density at radius 3 is 2.56 bits per heavy atom. The van der Waals surface area contributed by atoms with Gasteiger partial charge in [-0.25, -0.2) is 8.78 Å². The second-order valence-electron chi connectivity index (χ2n) is 3.59. The van der Waals surface area contributed by atoms with Crippen molar-refractivity contribution in [2.24, 2.45) is 0 Å². The molecular weight excluding hydrogens is 234 g/mol. The normalized spacial score (nSPS) is 14.5. The monoisotopic (exact) mass is 246 g/mol. The van der Waals surface area contributed by atoms with Crippen LogP contribution in [0.1, 0.15) is 20.3 Å². The summed E-state index contributed by atoms with van der Waals surface area (Å²) < 4.78 is 37.7. The molecule has 0 aliphatic heterocycles. The number of hydrogen-bond donors (Lipinski definition) is 0. The summed E-state index contributed by atoms with van der Waals surface area (Å²) in [6.45, 7) is 2.98. The predicted octanol–water partition coefficient (Wildman–Crippen LogP) is 2.44. The first-order valence-electron chi connectivity index (χ1n) is 4.77. The fourth-order valence-electron chi connectivity index (χ4n) is 1.34. The number of Topliss-reactive ketones (excluding diaryl/α,β-unsaturated/α-hetero) is 1. The topological polar surface area (TPSA) is 34.1 Å². The van der Waals surface area contributed by atoms with E-state index in [9.17, 15) is 17.8 Å². The molecule has 1 aromatic carbocycles. The van der Waals surface area contributed by atoms with Crippen molar-refractivity contribution in [3.8, 4) is 0 Å². The zero-order valence-electron chi connectivity index (χ0n) is 9.00. The van der Waals surface area contributed by atoms with E-state index in [0.29, 0.717) is 6.07 Å². The van der Waals surface area contributed by atoms with Gasteiger partial charge >= 0.3 is 0 Å². The number of benzene rings is 1. The third-order valence-corrected chi connectivity index (χ3v) is 3.71. The third-order valence-electron chi connectivity index (χ3n) is 2.05. The van der Waals surface area contributed by atoms with Crippen LogP contribution in [0.5, 0.6) is 0 Å². The van der Waals surface area contributed by atoms with Crippen molar-refractivity contribution in [1.82, 2.24) is 0 Å². The zero-order chi connectivity index (χ0) is 12.3. The smallest absolute Gasteiger partial charge is 0.142 e. The largest absolute Gasteiger partial charge is 0.300 e. The van der Waals surface area contributed by atoms with Gasteiger partial charge in [0.1, 0.15) is 17.4 Å². The molecule has 0 bridgehead atoms. The summed E-state index contributed by atoms with van der Waals surface area (Å²) in [5.74, 6) is -1.66. The standard InChI is InChI=1S/C11H12F2O2S/c1-7(14)5-8(2)16(15)11-4-3-9(12)6-10(11)13/h3-4,6,8H,5H2,1-2H3. The van der Waals surface area contributed by atoms with Crippen molar-refractivity contribution in [1.29, 1.82) is 0 Å². The highest BCUT2D eigenvalue weighted by Crippen LogP contribution is 2.18. The van der Waals surface area contributed by atoms with Crippen LogP contribution in [0.4, 0.5) is 8.78 Å². The highest BCUT2D eigenvalue weighted by atomic mass is 32.2. The molecule has 1 aromatic rings. The number of carbonyl (C=O) groups is 1. The minimum Gasteiger partial charge on any atom is -0.300 e. The van der Waals surface area contributed by atoms with E-state index in [2.05, 4.69) is 0 Å². The van der Waals surface area contributed by atoms with Gasteiger partial charge in [-0.15, -0.1) is 0 Å². The van der Waals surface area contributed by atoms with Crippen LogP contribution in [-0.2, 0) is 15.6 Å². The lowest BCUT2D eigenvalue weighted by molar-refractivity contribution is -0.116. The first-order valence-corrected chi connectivity index (χ1v) is 5.98. The Kier molecular flexibility index (Phi) is 4.29. The molecule has 0 radical (unpaired) electrons. The molecule has 88 valence electrons. The molecule has 16 heavy (non-hydrogen) atoms. The van der Waals surface area contributed by atoms with E-state index >= 15 is 0 Å². The maximum atomic E-state index is 13.3. The van der Waals surface area contributed by atoms with Gasteiger partial charge in [0.25, 0.3) is 0 Å². The van der Waals surface area contributed by atoms with E-state index in [0.717, 1.165) is 12.1 Å². The Hall–Kier alpha value is -1.10.